The summed E-state index contributed by atoms with van der Waals surface area (Å²) in [5.41, 5.74) is 5.21. The van der Waals surface area contributed by atoms with Crippen LogP contribution in [-0.4, -0.2) is 89.6 Å². The second-order valence-electron chi connectivity index (χ2n) is 13.9. The van der Waals surface area contributed by atoms with Gasteiger partial charge in [0, 0.05) is 41.8 Å². The van der Waals surface area contributed by atoms with E-state index in [1.165, 1.54) is 14.0 Å². The molecule has 7 rings (SSSR count). The molecule has 0 spiro atoms. The number of benzene rings is 3. The number of amides is 2. The van der Waals surface area contributed by atoms with Gasteiger partial charge in [-0.25, -0.2) is 0 Å². The first-order valence-corrected chi connectivity index (χ1v) is 17.2. The van der Waals surface area contributed by atoms with E-state index >= 15 is 0 Å². The number of aromatic hydroxyl groups is 1. The Bertz CT molecular complexity index is 1900. The second kappa shape index (κ2) is 13.4. The molecule has 2 amide bonds. The van der Waals surface area contributed by atoms with Gasteiger partial charge >= 0.3 is 5.97 Å². The minimum Gasteiger partial charge on any atom is -0.504 e. The number of fused-ring (bicyclic) bond motifs is 9. The number of methoxy groups -OCH3 is 1. The largest absolute Gasteiger partial charge is 0.504 e. The molecule has 1 fully saturated rings. The maximum atomic E-state index is 13.6. The van der Waals surface area contributed by atoms with Crippen LogP contribution in [0.4, 0.5) is 0 Å². The Hall–Kier alpha value is -4.85. The predicted molar refractivity (Wildman–Crippen MR) is 185 cm³/mol. The van der Waals surface area contributed by atoms with Crippen LogP contribution in [0.25, 0.3) is 0 Å². The minimum atomic E-state index is -0.997. The van der Waals surface area contributed by atoms with Crippen LogP contribution in [0.3, 0.4) is 0 Å². The molecule has 6 atom stereocenters. The molecular weight excluding hydrogens is 656 g/mol. The molecule has 0 saturated carbocycles. The lowest BCUT2D eigenvalue weighted by atomic mass is 9.73. The molecule has 4 aliphatic heterocycles. The van der Waals surface area contributed by atoms with E-state index in [9.17, 15) is 24.6 Å². The highest BCUT2D eigenvalue weighted by Gasteiger charge is 2.56. The van der Waals surface area contributed by atoms with Crippen LogP contribution >= 0.6 is 0 Å². The van der Waals surface area contributed by atoms with Crippen LogP contribution < -0.4 is 29.6 Å². The van der Waals surface area contributed by atoms with Crippen molar-refractivity contribution in [3.8, 4) is 28.7 Å². The zero-order valence-electron chi connectivity index (χ0n) is 29.6. The number of aliphatic hydroxyl groups is 1. The Morgan fingerprint density at radius 1 is 1.04 bits per heavy atom. The maximum Gasteiger partial charge on any atom is 0.308 e. The van der Waals surface area contributed by atoms with Crippen LogP contribution in [0.5, 0.6) is 28.7 Å². The lowest BCUT2D eigenvalue weighted by Gasteiger charge is -2.60. The van der Waals surface area contributed by atoms with Crippen LogP contribution in [0.2, 0.25) is 0 Å². The highest BCUT2D eigenvalue weighted by Crippen LogP contribution is 2.58. The van der Waals surface area contributed by atoms with E-state index in [4.69, 9.17) is 18.9 Å². The number of carbonyl (C=O) groups is 3. The van der Waals surface area contributed by atoms with Gasteiger partial charge in [0.2, 0.25) is 18.6 Å². The number of hydrogen-bond acceptors (Lipinski definition) is 11. The molecule has 3 aromatic rings. The molecule has 0 radical (unpaired) electrons. The third kappa shape index (κ3) is 5.82. The van der Waals surface area contributed by atoms with E-state index in [1.54, 1.807) is 6.92 Å². The first-order chi connectivity index (χ1) is 24.4. The number of phenols is 1. The number of likely N-dealkylation sites (N-methyl/N-ethyl adjacent to an activating group) is 1. The first-order valence-electron chi connectivity index (χ1n) is 17.2. The Labute approximate surface area is 296 Å². The van der Waals surface area contributed by atoms with Crippen molar-refractivity contribution in [3.05, 3.63) is 75.3 Å². The summed E-state index contributed by atoms with van der Waals surface area (Å²) in [4.78, 5) is 43.0. The van der Waals surface area contributed by atoms with Gasteiger partial charge in [0.25, 0.3) is 0 Å². The van der Waals surface area contributed by atoms with E-state index in [-0.39, 0.29) is 37.5 Å². The molecule has 0 aliphatic carbocycles. The molecular formula is C38H44N4O9. The zero-order chi connectivity index (χ0) is 36.3. The number of hydrogen-bond donors (Lipinski definition) is 4. The van der Waals surface area contributed by atoms with Crippen molar-refractivity contribution in [3.63, 3.8) is 0 Å². The molecule has 0 aromatic heterocycles. The highest BCUT2D eigenvalue weighted by molar-refractivity contribution is 5.88. The van der Waals surface area contributed by atoms with Gasteiger partial charge in [-0.15, -0.1) is 0 Å². The summed E-state index contributed by atoms with van der Waals surface area (Å²) in [5.74, 6) is 0.494. The number of ether oxygens (including phenoxy) is 4. The number of aliphatic hydroxyl groups excluding tert-OH is 1. The average molecular weight is 701 g/mol. The van der Waals surface area contributed by atoms with Crippen LogP contribution in [0.1, 0.15) is 64.9 Å². The molecule has 4 heterocycles. The zero-order valence-corrected chi connectivity index (χ0v) is 29.6. The lowest BCUT2D eigenvalue weighted by Crippen LogP contribution is -2.69. The van der Waals surface area contributed by atoms with E-state index in [1.807, 2.05) is 62.2 Å². The summed E-state index contributed by atoms with van der Waals surface area (Å²) in [6, 6.07) is 8.55. The maximum absolute atomic E-state index is 13.6. The normalized spacial score (nSPS) is 23.7. The number of aryl methyl sites for hydroxylation is 1. The van der Waals surface area contributed by atoms with E-state index in [0.717, 1.165) is 16.7 Å². The van der Waals surface area contributed by atoms with Gasteiger partial charge in [-0.2, -0.15) is 0 Å². The molecule has 13 heteroatoms. The van der Waals surface area contributed by atoms with Crippen LogP contribution in [0, 0.1) is 13.8 Å². The topological polar surface area (TPSA) is 159 Å². The van der Waals surface area contributed by atoms with Gasteiger partial charge in [-0.1, -0.05) is 36.4 Å². The minimum absolute atomic E-state index is 0.0237. The molecule has 4 aliphatic rings. The Morgan fingerprint density at radius 3 is 2.47 bits per heavy atom. The molecule has 3 unspecified atom stereocenters. The quantitative estimate of drug-likeness (QED) is 0.202. The van der Waals surface area contributed by atoms with Gasteiger partial charge in [0.15, 0.2) is 23.0 Å². The Morgan fingerprint density at radius 2 is 1.76 bits per heavy atom. The van der Waals surface area contributed by atoms with Gasteiger partial charge in [0.1, 0.15) is 18.0 Å². The summed E-state index contributed by atoms with van der Waals surface area (Å²) in [6.07, 6.45) is -0.0818. The van der Waals surface area contributed by atoms with Crippen molar-refractivity contribution in [1.82, 2.24) is 20.4 Å². The smallest absolute Gasteiger partial charge is 0.308 e. The molecule has 270 valence electrons. The molecule has 51 heavy (non-hydrogen) atoms. The average Bonchev–Trinajstić information content (AvgIpc) is 3.58. The monoisotopic (exact) mass is 700 g/mol. The molecule has 3 aromatic carbocycles. The molecule has 1 saturated heterocycles. The number of nitrogens with one attached hydrogen (secondary N) is 2. The molecule has 4 N–H and O–H groups in total. The summed E-state index contributed by atoms with van der Waals surface area (Å²) in [5, 5.41) is 29.8. The number of carbonyl (C=O) groups excluding carboxylic acids is 3. The fourth-order valence-corrected chi connectivity index (χ4v) is 8.61. The number of rotatable bonds is 8. The van der Waals surface area contributed by atoms with Crippen molar-refractivity contribution >= 4 is 17.8 Å². The fourth-order valence-electron chi connectivity index (χ4n) is 8.61. The molecule has 13 nitrogen and oxygen atoms in total. The van der Waals surface area contributed by atoms with E-state index < -0.39 is 42.3 Å². The second-order valence-corrected chi connectivity index (χ2v) is 13.9. The number of phenolic OH excluding ortho intramolecular Hbond substituents is 1. The number of piperazine rings is 1. The van der Waals surface area contributed by atoms with Crippen LogP contribution in [-0.2, 0) is 33.6 Å². The van der Waals surface area contributed by atoms with Crippen molar-refractivity contribution in [1.29, 1.82) is 0 Å². The third-order valence-electron chi connectivity index (χ3n) is 10.8. The Balaban J connectivity index is 1.29. The van der Waals surface area contributed by atoms with Crippen molar-refractivity contribution < 1.29 is 43.5 Å². The standard InChI is InChI=1S/C38H44N4O9/c1-18-12-23-14-26-38(47)42-25(31(41(26)5)29(23)32(45)33(18)48-6)15-24-30(36-35(49-17-50-36)19(2)34(24)51-21(4)43)27(42)16-39-37(46)20(3)40-28(44)13-22-10-8-7-9-11-22/h7-12,20,25-27,31,38,45,47H,13-17H2,1-6H3,(H,39,46)(H,40,44)/t20-,25?,26?,27-,31+,38?/m0/s1. The summed E-state index contributed by atoms with van der Waals surface area (Å²) < 4.78 is 23.5. The van der Waals surface area contributed by atoms with E-state index in [2.05, 4.69) is 15.5 Å². The SMILES string of the molecule is COc1c(C)cc2c(c1O)[C@H]1C3Cc4c(OC(C)=O)c(C)c5c(c4[C@H](CNC(=O)[C@H](C)NC(=O)Cc4ccccc4)N3C(O)C(C2)N1C)OCO5. The molecule has 2 bridgehead atoms. The summed E-state index contributed by atoms with van der Waals surface area (Å²) >= 11 is 0. The number of esters is 1. The highest BCUT2D eigenvalue weighted by atomic mass is 16.7. The van der Waals surface area contributed by atoms with Gasteiger partial charge in [-0.05, 0) is 57.4 Å². The summed E-state index contributed by atoms with van der Waals surface area (Å²) in [7, 11) is 3.47. The third-order valence-corrected chi connectivity index (χ3v) is 10.8. The number of nitrogens with zero attached hydrogens (tertiary/aromatic N) is 2. The van der Waals surface area contributed by atoms with Crippen LogP contribution in [0.15, 0.2) is 36.4 Å². The van der Waals surface area contributed by atoms with Gasteiger partial charge in [-0.3, -0.25) is 24.2 Å². The fraction of sp³-hybridized carbons (Fsp3) is 0.447. The predicted octanol–water partition coefficient (Wildman–Crippen LogP) is 2.73. The van der Waals surface area contributed by atoms with Crippen molar-refractivity contribution in [2.75, 3.05) is 27.5 Å². The first kappa shape index (κ1) is 34.6. The lowest BCUT2D eigenvalue weighted by molar-refractivity contribution is -0.172. The van der Waals surface area contributed by atoms with Gasteiger partial charge in [0.05, 0.1) is 31.7 Å². The van der Waals surface area contributed by atoms with Crippen molar-refractivity contribution in [2.24, 2.45) is 0 Å². The summed E-state index contributed by atoms with van der Waals surface area (Å²) in [6.45, 7) is 6.63. The van der Waals surface area contributed by atoms with Gasteiger partial charge < -0.3 is 39.8 Å². The van der Waals surface area contributed by atoms with E-state index in [0.29, 0.717) is 58.1 Å². The Kier molecular flexibility index (Phi) is 9.06. The van der Waals surface area contributed by atoms with Crippen molar-refractivity contribution in [2.45, 2.75) is 83.4 Å².